The third-order valence-corrected chi connectivity index (χ3v) is 5.41. The lowest BCUT2D eigenvalue weighted by atomic mass is 10.2. The number of carbonyl (C=O) groups is 1. The highest BCUT2D eigenvalue weighted by Gasteiger charge is 2.30. The summed E-state index contributed by atoms with van der Waals surface area (Å²) in [7, 11) is 0. The average Bonchev–Trinajstić information content (AvgIpc) is 3.02. The summed E-state index contributed by atoms with van der Waals surface area (Å²) in [5, 5.41) is 3.17. The van der Waals surface area contributed by atoms with Crippen LogP contribution in [0.4, 0.5) is 23.9 Å². The number of carbonyl (C=O) groups excluding carboxylic acids is 1. The number of anilines is 2. The number of nitrogen functional groups attached to an aromatic ring is 1. The highest BCUT2D eigenvalue weighted by atomic mass is 32.2. The zero-order valence-electron chi connectivity index (χ0n) is 14.2. The number of hydrogen-bond acceptors (Lipinski definition) is 6. The number of amides is 1. The van der Waals surface area contributed by atoms with Gasteiger partial charge >= 0.3 is 6.36 Å². The molecule has 0 aliphatic rings. The zero-order chi connectivity index (χ0) is 20.1. The molecule has 0 radical (unpaired) electrons. The van der Waals surface area contributed by atoms with E-state index in [0.717, 1.165) is 17.7 Å². The number of rotatable bonds is 6. The van der Waals surface area contributed by atoms with Crippen molar-refractivity contribution in [3.63, 3.8) is 0 Å². The van der Waals surface area contributed by atoms with Gasteiger partial charge in [0.2, 0.25) is 5.91 Å². The molecule has 0 atom stereocenters. The molecule has 0 bridgehead atoms. The van der Waals surface area contributed by atoms with E-state index in [1.165, 1.54) is 35.2 Å². The molecule has 3 N–H and O–H groups in total. The maximum absolute atomic E-state index is 12.1. The molecule has 10 heteroatoms. The molecule has 0 saturated heterocycles. The van der Waals surface area contributed by atoms with Crippen LogP contribution in [0.5, 0.6) is 5.75 Å². The van der Waals surface area contributed by atoms with Gasteiger partial charge in [-0.3, -0.25) is 4.79 Å². The number of aromatic nitrogens is 1. The lowest BCUT2D eigenvalue weighted by molar-refractivity contribution is -0.274. The van der Waals surface area contributed by atoms with Crippen molar-refractivity contribution in [2.24, 2.45) is 0 Å². The van der Waals surface area contributed by atoms with E-state index < -0.39 is 6.36 Å². The van der Waals surface area contributed by atoms with Crippen LogP contribution in [-0.2, 0) is 4.79 Å². The molecule has 28 heavy (non-hydrogen) atoms. The fraction of sp³-hybridized carbons (Fsp3) is 0.111. The molecular formula is C18H14F3N3O2S2. The fourth-order valence-electron chi connectivity index (χ4n) is 2.24. The van der Waals surface area contributed by atoms with Gasteiger partial charge in [0.1, 0.15) is 16.4 Å². The Morgan fingerprint density at radius 1 is 1.14 bits per heavy atom. The van der Waals surface area contributed by atoms with E-state index in [4.69, 9.17) is 5.73 Å². The van der Waals surface area contributed by atoms with Gasteiger partial charge < -0.3 is 15.8 Å². The highest BCUT2D eigenvalue weighted by Crippen LogP contribution is 2.35. The molecule has 3 aromatic rings. The van der Waals surface area contributed by atoms with Crippen LogP contribution in [0.3, 0.4) is 0 Å². The predicted molar refractivity (Wildman–Crippen MR) is 104 cm³/mol. The Bertz CT molecular complexity index is 945. The molecule has 1 amide bonds. The van der Waals surface area contributed by atoms with Crippen LogP contribution in [0.1, 0.15) is 0 Å². The van der Waals surface area contributed by atoms with Crippen molar-refractivity contribution in [1.82, 2.24) is 4.98 Å². The first-order chi connectivity index (χ1) is 13.3. The number of benzene rings is 2. The number of nitrogens with two attached hydrogens (primary N) is 1. The Morgan fingerprint density at radius 2 is 1.82 bits per heavy atom. The van der Waals surface area contributed by atoms with E-state index in [9.17, 15) is 18.0 Å². The van der Waals surface area contributed by atoms with E-state index in [2.05, 4.69) is 15.0 Å². The normalized spacial score (nSPS) is 11.2. The van der Waals surface area contributed by atoms with Crippen LogP contribution in [0.25, 0.3) is 11.3 Å². The zero-order valence-corrected chi connectivity index (χ0v) is 15.8. The van der Waals surface area contributed by atoms with Crippen LogP contribution in [0.2, 0.25) is 0 Å². The van der Waals surface area contributed by atoms with Crippen LogP contribution in [0.15, 0.2) is 58.9 Å². The Morgan fingerprint density at radius 3 is 2.46 bits per heavy atom. The van der Waals surface area contributed by atoms with Gasteiger partial charge in [0.15, 0.2) is 4.34 Å². The molecule has 3 rings (SSSR count). The van der Waals surface area contributed by atoms with E-state index >= 15 is 0 Å². The number of nitrogens with one attached hydrogen (secondary N) is 1. The molecule has 0 aliphatic heterocycles. The van der Waals surface area contributed by atoms with Crippen LogP contribution < -0.4 is 15.8 Å². The predicted octanol–water partition coefficient (Wildman–Crippen LogP) is 5.02. The van der Waals surface area contributed by atoms with E-state index in [0.29, 0.717) is 20.7 Å². The van der Waals surface area contributed by atoms with Gasteiger partial charge in [-0.05, 0) is 24.3 Å². The Kier molecular flexibility index (Phi) is 6.10. The smallest absolute Gasteiger partial charge is 0.406 e. The Labute approximate surface area is 166 Å². The number of ether oxygens (including phenoxy) is 1. The van der Waals surface area contributed by atoms with Gasteiger partial charge in [-0.25, -0.2) is 4.98 Å². The quantitative estimate of drug-likeness (QED) is 0.542. The van der Waals surface area contributed by atoms with E-state index in [-0.39, 0.29) is 17.4 Å². The fourth-order valence-corrected chi connectivity index (χ4v) is 3.99. The maximum atomic E-state index is 12.1. The summed E-state index contributed by atoms with van der Waals surface area (Å²) >= 11 is 2.52. The first-order valence-corrected chi connectivity index (χ1v) is 9.70. The number of nitrogens with zero attached hydrogens (tertiary/aromatic N) is 1. The Balaban J connectivity index is 1.55. The second kappa shape index (κ2) is 8.53. The highest BCUT2D eigenvalue weighted by molar-refractivity contribution is 8.01. The summed E-state index contributed by atoms with van der Waals surface area (Å²) in [6, 6.07) is 14.4. The van der Waals surface area contributed by atoms with Crippen molar-refractivity contribution in [3.05, 3.63) is 54.6 Å². The minimum atomic E-state index is -4.75. The van der Waals surface area contributed by atoms with Gasteiger partial charge in [0.05, 0.1) is 5.75 Å². The number of hydrogen-bond donors (Lipinski definition) is 2. The van der Waals surface area contributed by atoms with Gasteiger partial charge in [-0.15, -0.1) is 13.2 Å². The molecule has 5 nitrogen and oxygen atoms in total. The molecule has 0 unspecified atom stereocenters. The van der Waals surface area contributed by atoms with Crippen LogP contribution >= 0.6 is 23.1 Å². The molecule has 1 aromatic heterocycles. The summed E-state index contributed by atoms with van der Waals surface area (Å²) in [4.78, 5) is 16.5. The largest absolute Gasteiger partial charge is 0.573 e. The van der Waals surface area contributed by atoms with Crippen LogP contribution in [-0.4, -0.2) is 23.0 Å². The first-order valence-electron chi connectivity index (χ1n) is 7.90. The van der Waals surface area contributed by atoms with Crippen molar-refractivity contribution in [3.8, 4) is 17.0 Å². The number of alkyl halides is 3. The Hall–Kier alpha value is -2.72. The molecule has 146 valence electrons. The maximum Gasteiger partial charge on any atom is 0.573 e. The van der Waals surface area contributed by atoms with E-state index in [1.54, 1.807) is 0 Å². The molecule has 1 heterocycles. The molecule has 0 spiro atoms. The third-order valence-electron chi connectivity index (χ3n) is 3.38. The van der Waals surface area contributed by atoms with Crippen molar-refractivity contribution in [2.75, 3.05) is 16.8 Å². The first kappa shape index (κ1) is 20.0. The lowest BCUT2D eigenvalue weighted by Gasteiger charge is -2.09. The minimum absolute atomic E-state index is 0.0853. The van der Waals surface area contributed by atoms with Crippen molar-refractivity contribution >= 4 is 39.7 Å². The number of thiazole rings is 1. The monoisotopic (exact) mass is 425 g/mol. The topological polar surface area (TPSA) is 77.2 Å². The van der Waals surface area contributed by atoms with Gasteiger partial charge in [-0.1, -0.05) is 53.4 Å². The average molecular weight is 425 g/mol. The van der Waals surface area contributed by atoms with Crippen molar-refractivity contribution in [1.29, 1.82) is 0 Å². The SMILES string of the molecule is Nc1sc(SCC(=O)Nc2ccc(OC(F)(F)F)cc2)nc1-c1ccccc1. The molecule has 0 aliphatic carbocycles. The summed E-state index contributed by atoms with van der Waals surface area (Å²) in [6.45, 7) is 0. The molecule has 0 saturated carbocycles. The number of thioether (sulfide) groups is 1. The van der Waals surface area contributed by atoms with Crippen LogP contribution in [0, 0.1) is 0 Å². The van der Waals surface area contributed by atoms with Crippen molar-refractivity contribution < 1.29 is 22.7 Å². The standard InChI is InChI=1S/C18H14F3N3O2S2/c19-18(20,21)26-13-8-6-12(7-9-13)23-14(25)10-27-17-24-15(16(22)28-17)11-4-2-1-3-5-11/h1-9H,10,22H2,(H,23,25). The lowest BCUT2D eigenvalue weighted by Crippen LogP contribution is -2.17. The summed E-state index contributed by atoms with van der Waals surface area (Å²) in [6.07, 6.45) is -4.75. The van der Waals surface area contributed by atoms with Gasteiger partial charge in [0.25, 0.3) is 0 Å². The summed E-state index contributed by atoms with van der Waals surface area (Å²) in [5.41, 5.74) is 7.95. The van der Waals surface area contributed by atoms with Gasteiger partial charge in [0, 0.05) is 11.3 Å². The van der Waals surface area contributed by atoms with Gasteiger partial charge in [-0.2, -0.15) is 0 Å². The summed E-state index contributed by atoms with van der Waals surface area (Å²) < 4.78 is 40.9. The second-order valence-electron chi connectivity index (χ2n) is 5.47. The van der Waals surface area contributed by atoms with E-state index in [1.807, 2.05) is 30.3 Å². The second-order valence-corrected chi connectivity index (χ2v) is 7.72. The molecule has 2 aromatic carbocycles. The third kappa shape index (κ3) is 5.64. The molecule has 0 fully saturated rings. The summed E-state index contributed by atoms with van der Waals surface area (Å²) in [5.74, 6) is -0.585. The molecular weight excluding hydrogens is 411 g/mol. The van der Waals surface area contributed by atoms with Crippen molar-refractivity contribution in [2.45, 2.75) is 10.7 Å². The number of halogens is 3. The minimum Gasteiger partial charge on any atom is -0.406 e.